The van der Waals surface area contributed by atoms with E-state index in [-0.39, 0.29) is 18.2 Å². The van der Waals surface area contributed by atoms with Crippen LogP contribution in [0.5, 0.6) is 0 Å². The molecule has 0 spiro atoms. The Morgan fingerprint density at radius 1 is 1.35 bits per heavy atom. The first kappa shape index (κ1) is 15.9. The van der Waals surface area contributed by atoms with Gasteiger partial charge in [-0.15, -0.1) is 0 Å². The topological polar surface area (TPSA) is 69.6 Å². The highest BCUT2D eigenvalue weighted by atomic mass is 19.2. The molecular weight excluding hydrogens is 270 g/mol. The maximum Gasteiger partial charge on any atom is 0.323 e. The summed E-state index contributed by atoms with van der Waals surface area (Å²) >= 11 is 0. The Morgan fingerprint density at radius 3 is 2.55 bits per heavy atom. The van der Waals surface area contributed by atoms with Crippen molar-refractivity contribution >= 4 is 17.7 Å². The van der Waals surface area contributed by atoms with Gasteiger partial charge in [-0.25, -0.2) is 13.6 Å². The molecule has 7 heteroatoms. The summed E-state index contributed by atoms with van der Waals surface area (Å²) in [5, 5.41) is 10.9. The quantitative estimate of drug-likeness (QED) is 0.874. The highest BCUT2D eigenvalue weighted by Crippen LogP contribution is 2.17. The fourth-order valence-corrected chi connectivity index (χ4v) is 1.62. The Hall–Kier alpha value is -2.18. The van der Waals surface area contributed by atoms with Crippen LogP contribution in [0.25, 0.3) is 0 Å². The molecule has 0 unspecified atom stereocenters. The predicted octanol–water partition coefficient (Wildman–Crippen LogP) is 2.54. The lowest BCUT2D eigenvalue weighted by Gasteiger charge is -2.23. The number of carboxylic acid groups (broad SMARTS) is 1. The smallest absolute Gasteiger partial charge is 0.323 e. The number of hydrogen-bond donors (Lipinski definition) is 2. The van der Waals surface area contributed by atoms with E-state index in [4.69, 9.17) is 5.11 Å². The van der Waals surface area contributed by atoms with Gasteiger partial charge in [0.25, 0.3) is 0 Å². The van der Waals surface area contributed by atoms with Crippen molar-refractivity contribution in [2.75, 3.05) is 18.4 Å². The van der Waals surface area contributed by atoms with Gasteiger partial charge in [0.15, 0.2) is 11.6 Å². The minimum atomic E-state index is -1.18. The lowest BCUT2D eigenvalue weighted by molar-refractivity contribution is -0.137. The van der Waals surface area contributed by atoms with Crippen LogP contribution in [0.1, 0.15) is 13.8 Å². The molecule has 0 aliphatic rings. The first-order valence-electron chi connectivity index (χ1n) is 6.03. The van der Waals surface area contributed by atoms with Gasteiger partial charge in [0.1, 0.15) is 6.54 Å². The number of halogens is 2. The van der Waals surface area contributed by atoms with Crippen molar-refractivity contribution < 1.29 is 23.5 Å². The summed E-state index contributed by atoms with van der Waals surface area (Å²) in [6, 6.07) is 2.59. The second-order valence-corrected chi connectivity index (χ2v) is 4.70. The Bertz CT molecular complexity index is 506. The molecule has 0 aliphatic carbocycles. The van der Waals surface area contributed by atoms with Crippen LogP contribution in [0.15, 0.2) is 18.2 Å². The average Bonchev–Trinajstić information content (AvgIpc) is 2.33. The van der Waals surface area contributed by atoms with Gasteiger partial charge in [-0.05, 0) is 18.1 Å². The van der Waals surface area contributed by atoms with Gasteiger partial charge in [-0.1, -0.05) is 19.9 Å². The first-order valence-corrected chi connectivity index (χ1v) is 6.03. The predicted molar refractivity (Wildman–Crippen MR) is 69.4 cm³/mol. The minimum Gasteiger partial charge on any atom is -0.480 e. The Labute approximate surface area is 115 Å². The van der Waals surface area contributed by atoms with Gasteiger partial charge in [-0.2, -0.15) is 0 Å². The van der Waals surface area contributed by atoms with Crippen LogP contribution in [0, 0.1) is 17.6 Å². The van der Waals surface area contributed by atoms with Crippen LogP contribution in [-0.2, 0) is 4.79 Å². The average molecular weight is 286 g/mol. The first-order chi connectivity index (χ1) is 9.31. The van der Waals surface area contributed by atoms with E-state index in [2.05, 4.69) is 5.32 Å². The van der Waals surface area contributed by atoms with Crippen molar-refractivity contribution in [3.63, 3.8) is 0 Å². The number of anilines is 1. The fourth-order valence-electron chi connectivity index (χ4n) is 1.62. The number of nitrogens with one attached hydrogen (secondary N) is 1. The van der Waals surface area contributed by atoms with E-state index in [1.165, 1.54) is 12.1 Å². The zero-order chi connectivity index (χ0) is 15.3. The molecule has 0 aliphatic heterocycles. The third-order valence-corrected chi connectivity index (χ3v) is 2.39. The van der Waals surface area contributed by atoms with Gasteiger partial charge < -0.3 is 15.3 Å². The summed E-state index contributed by atoms with van der Waals surface area (Å²) < 4.78 is 26.4. The van der Waals surface area contributed by atoms with Crippen molar-refractivity contribution in [1.82, 2.24) is 4.90 Å². The lowest BCUT2D eigenvalue weighted by atomic mass is 10.2. The maximum atomic E-state index is 13.4. The molecule has 20 heavy (non-hydrogen) atoms. The van der Waals surface area contributed by atoms with Gasteiger partial charge >= 0.3 is 12.0 Å². The second kappa shape index (κ2) is 6.83. The normalized spacial score (nSPS) is 10.4. The SMILES string of the molecule is CC(C)CN(CC(=O)O)C(=O)Nc1cccc(F)c1F. The molecule has 0 atom stereocenters. The number of nitrogens with zero attached hydrogens (tertiary/aromatic N) is 1. The van der Waals surface area contributed by atoms with Crippen molar-refractivity contribution in [3.05, 3.63) is 29.8 Å². The number of amides is 2. The molecule has 2 N–H and O–H groups in total. The molecule has 0 fully saturated rings. The molecule has 0 radical (unpaired) electrons. The van der Waals surface area contributed by atoms with Gasteiger partial charge in [-0.3, -0.25) is 4.79 Å². The summed E-state index contributed by atoms with van der Waals surface area (Å²) in [6.45, 7) is 3.30. The van der Waals surface area contributed by atoms with Crippen LogP contribution in [0.2, 0.25) is 0 Å². The van der Waals surface area contributed by atoms with E-state index in [9.17, 15) is 18.4 Å². The van der Waals surface area contributed by atoms with E-state index < -0.39 is 30.2 Å². The number of carbonyl (C=O) groups excluding carboxylic acids is 1. The number of aliphatic carboxylic acids is 1. The molecule has 1 aromatic rings. The molecule has 110 valence electrons. The van der Waals surface area contributed by atoms with Crippen LogP contribution < -0.4 is 5.32 Å². The number of carboxylic acids is 1. The van der Waals surface area contributed by atoms with E-state index in [0.29, 0.717) is 0 Å². The highest BCUT2D eigenvalue weighted by Gasteiger charge is 2.19. The number of carbonyl (C=O) groups is 2. The minimum absolute atomic E-state index is 0.0393. The molecule has 5 nitrogen and oxygen atoms in total. The van der Waals surface area contributed by atoms with Crippen molar-refractivity contribution in [2.24, 2.45) is 5.92 Å². The third kappa shape index (κ3) is 4.49. The summed E-state index contributed by atoms with van der Waals surface area (Å²) in [5.41, 5.74) is -0.325. The van der Waals surface area contributed by atoms with Gasteiger partial charge in [0, 0.05) is 6.54 Å². The van der Waals surface area contributed by atoms with Gasteiger partial charge in [0.05, 0.1) is 5.69 Å². The van der Waals surface area contributed by atoms with E-state index in [1.807, 2.05) is 13.8 Å². The standard InChI is InChI=1S/C13H16F2N2O3/c1-8(2)6-17(7-11(18)19)13(20)16-10-5-3-4-9(14)12(10)15/h3-5,8H,6-7H2,1-2H3,(H,16,20)(H,18,19). The highest BCUT2D eigenvalue weighted by molar-refractivity contribution is 5.91. The van der Waals surface area contributed by atoms with E-state index in [1.54, 1.807) is 0 Å². The van der Waals surface area contributed by atoms with Crippen LogP contribution in [-0.4, -0.2) is 35.1 Å². The Balaban J connectivity index is 2.84. The number of urea groups is 1. The lowest BCUT2D eigenvalue weighted by Crippen LogP contribution is -2.41. The fraction of sp³-hybridized carbons (Fsp3) is 0.385. The molecule has 0 heterocycles. The molecule has 0 bridgehead atoms. The Morgan fingerprint density at radius 2 is 2.00 bits per heavy atom. The summed E-state index contributed by atoms with van der Waals surface area (Å²) in [6.07, 6.45) is 0. The molecule has 0 saturated carbocycles. The zero-order valence-corrected chi connectivity index (χ0v) is 11.2. The van der Waals surface area contributed by atoms with E-state index >= 15 is 0 Å². The van der Waals surface area contributed by atoms with Crippen LogP contribution >= 0.6 is 0 Å². The van der Waals surface area contributed by atoms with Crippen LogP contribution in [0.4, 0.5) is 19.3 Å². The van der Waals surface area contributed by atoms with Crippen molar-refractivity contribution in [1.29, 1.82) is 0 Å². The van der Waals surface area contributed by atoms with Crippen molar-refractivity contribution in [2.45, 2.75) is 13.8 Å². The molecule has 0 saturated heterocycles. The summed E-state index contributed by atoms with van der Waals surface area (Å²) in [5.74, 6) is -3.41. The van der Waals surface area contributed by atoms with Crippen LogP contribution in [0.3, 0.4) is 0 Å². The molecule has 1 aromatic carbocycles. The molecule has 1 rings (SSSR count). The van der Waals surface area contributed by atoms with E-state index in [0.717, 1.165) is 11.0 Å². The largest absolute Gasteiger partial charge is 0.480 e. The molecular formula is C13H16F2N2O3. The Kier molecular flexibility index (Phi) is 5.42. The summed E-state index contributed by atoms with van der Waals surface area (Å²) in [7, 11) is 0. The molecule has 2 amide bonds. The van der Waals surface area contributed by atoms with Gasteiger partial charge in [0.2, 0.25) is 0 Å². The monoisotopic (exact) mass is 286 g/mol. The molecule has 0 aromatic heterocycles. The number of benzene rings is 1. The maximum absolute atomic E-state index is 13.4. The number of hydrogen-bond acceptors (Lipinski definition) is 2. The zero-order valence-electron chi connectivity index (χ0n) is 11.2. The van der Waals surface area contributed by atoms with Crippen molar-refractivity contribution in [3.8, 4) is 0 Å². The third-order valence-electron chi connectivity index (χ3n) is 2.39. The summed E-state index contributed by atoms with van der Waals surface area (Å²) in [4.78, 5) is 23.6. The number of rotatable bonds is 5. The second-order valence-electron chi connectivity index (χ2n) is 4.70.